The van der Waals surface area contributed by atoms with Crippen molar-refractivity contribution < 1.29 is 36.6 Å². The summed E-state index contributed by atoms with van der Waals surface area (Å²) in [6.07, 6.45) is -7.25. The summed E-state index contributed by atoms with van der Waals surface area (Å²) >= 11 is 5.30. The number of fused-ring (bicyclic) bond motifs is 1. The number of methoxy groups -OCH3 is 1. The van der Waals surface area contributed by atoms with Crippen LogP contribution in [-0.2, 0) is 20.4 Å². The third-order valence-corrected chi connectivity index (χ3v) is 5.03. The molecule has 1 aliphatic rings. The van der Waals surface area contributed by atoms with Gasteiger partial charge >= 0.3 is 12.1 Å². The summed E-state index contributed by atoms with van der Waals surface area (Å²) in [5, 5.41) is 2.82. The van der Waals surface area contributed by atoms with Crippen LogP contribution in [0.3, 0.4) is 0 Å². The van der Waals surface area contributed by atoms with Gasteiger partial charge in [-0.1, -0.05) is 24.4 Å². The molecule has 0 spiro atoms. The Labute approximate surface area is 181 Å². The van der Waals surface area contributed by atoms with Crippen LogP contribution in [0.5, 0.6) is 5.75 Å². The van der Waals surface area contributed by atoms with Gasteiger partial charge in [0.1, 0.15) is 17.2 Å². The van der Waals surface area contributed by atoms with E-state index in [2.05, 4.69) is 5.32 Å². The molecule has 3 rings (SSSR count). The van der Waals surface area contributed by atoms with Crippen LogP contribution in [0.4, 0.5) is 23.2 Å². The Bertz CT molecular complexity index is 996. The number of ether oxygens (including phenoxy) is 3. The van der Waals surface area contributed by atoms with E-state index in [1.165, 1.54) is 31.4 Å². The van der Waals surface area contributed by atoms with E-state index in [9.17, 15) is 18.0 Å². The van der Waals surface area contributed by atoms with E-state index < -0.39 is 35.7 Å². The fourth-order valence-corrected chi connectivity index (χ4v) is 3.47. The lowest BCUT2D eigenvalue weighted by Crippen LogP contribution is -2.31. The zero-order chi connectivity index (χ0) is 22.8. The molecule has 2 unspecified atom stereocenters. The molecule has 1 aliphatic heterocycles. The van der Waals surface area contributed by atoms with E-state index in [1.54, 1.807) is 6.92 Å². The molecule has 31 heavy (non-hydrogen) atoms. The summed E-state index contributed by atoms with van der Waals surface area (Å²) < 4.78 is 71.0. The van der Waals surface area contributed by atoms with Crippen molar-refractivity contribution in [1.29, 1.82) is 0 Å². The van der Waals surface area contributed by atoms with Crippen LogP contribution in [0.2, 0.25) is 0 Å². The van der Waals surface area contributed by atoms with Crippen LogP contribution in [0.15, 0.2) is 36.4 Å². The van der Waals surface area contributed by atoms with Gasteiger partial charge in [-0.25, -0.2) is 4.39 Å². The predicted molar refractivity (Wildman–Crippen MR) is 109 cm³/mol. The largest absolute Gasteiger partial charge is 0.494 e. The number of alkyl halides is 3. The fraction of sp³-hybridized carbons (Fsp3) is 0.333. The van der Waals surface area contributed by atoms with Gasteiger partial charge in [0.05, 0.1) is 25.7 Å². The molecule has 0 fully saturated rings. The molecular formula is C21H19F4NO4S. The van der Waals surface area contributed by atoms with E-state index in [0.29, 0.717) is 0 Å². The number of nitrogens with one attached hydrogen (secondary N) is 1. The van der Waals surface area contributed by atoms with Gasteiger partial charge in [0.2, 0.25) is 0 Å². The lowest BCUT2D eigenvalue weighted by atomic mass is 9.96. The standard InChI is InChI=1S/C21H19F4NO4S/c1-3-29-17(27)10-16-20(31)26-14-8-7-11(21(23,24)25)9-13(14)19(30-16)12-5-4-6-15(28-2)18(12)22/h4-9,16,19H,3,10H2,1-2H3,(H,26,31). The minimum absolute atomic E-state index is 0.0238. The highest BCUT2D eigenvalue weighted by molar-refractivity contribution is 7.80. The van der Waals surface area contributed by atoms with Gasteiger partial charge in [-0.2, -0.15) is 13.2 Å². The number of hydrogen-bond donors (Lipinski definition) is 1. The van der Waals surface area contributed by atoms with Crippen LogP contribution in [0, 0.1) is 5.82 Å². The summed E-state index contributed by atoms with van der Waals surface area (Å²) in [7, 11) is 1.27. The van der Waals surface area contributed by atoms with E-state index in [-0.39, 0.29) is 40.6 Å². The number of benzene rings is 2. The maximum absolute atomic E-state index is 15.1. The van der Waals surface area contributed by atoms with Crippen LogP contribution < -0.4 is 10.1 Å². The summed E-state index contributed by atoms with van der Waals surface area (Å²) in [6, 6.07) is 7.21. The van der Waals surface area contributed by atoms with Gasteiger partial charge in [0.15, 0.2) is 11.6 Å². The average Bonchev–Trinajstić information content (AvgIpc) is 2.84. The molecule has 0 aromatic heterocycles. The number of carbonyl (C=O) groups excluding carboxylic acids is 1. The first-order valence-electron chi connectivity index (χ1n) is 9.31. The lowest BCUT2D eigenvalue weighted by Gasteiger charge is -2.23. The summed E-state index contributed by atoms with van der Waals surface area (Å²) in [5.74, 6) is -1.50. The minimum atomic E-state index is -4.62. The normalized spacial score (nSPS) is 18.6. The van der Waals surface area contributed by atoms with Gasteiger partial charge in [-0.15, -0.1) is 0 Å². The van der Waals surface area contributed by atoms with Gasteiger partial charge in [-0.05, 0) is 31.2 Å². The topological polar surface area (TPSA) is 56.8 Å². The monoisotopic (exact) mass is 457 g/mol. The van der Waals surface area contributed by atoms with Crippen molar-refractivity contribution in [2.75, 3.05) is 19.0 Å². The Morgan fingerprint density at radius 1 is 1.23 bits per heavy atom. The molecule has 0 saturated heterocycles. The van der Waals surface area contributed by atoms with E-state index in [0.717, 1.165) is 12.1 Å². The summed E-state index contributed by atoms with van der Waals surface area (Å²) in [6.45, 7) is 1.76. The van der Waals surface area contributed by atoms with Crippen molar-refractivity contribution in [3.8, 4) is 5.75 Å². The molecular weight excluding hydrogens is 438 g/mol. The van der Waals surface area contributed by atoms with E-state index >= 15 is 4.39 Å². The number of rotatable bonds is 5. The zero-order valence-electron chi connectivity index (χ0n) is 16.6. The second-order valence-corrected chi connectivity index (χ2v) is 7.11. The molecule has 2 aromatic carbocycles. The minimum Gasteiger partial charge on any atom is -0.494 e. The molecule has 0 saturated carbocycles. The molecule has 0 amide bonds. The quantitative estimate of drug-likeness (QED) is 0.386. The molecule has 0 radical (unpaired) electrons. The van der Waals surface area contributed by atoms with Crippen molar-refractivity contribution in [3.05, 3.63) is 58.9 Å². The smallest absolute Gasteiger partial charge is 0.416 e. The molecule has 166 valence electrons. The maximum atomic E-state index is 15.1. The second kappa shape index (κ2) is 9.19. The third-order valence-electron chi connectivity index (χ3n) is 4.66. The summed E-state index contributed by atoms with van der Waals surface area (Å²) in [5.41, 5.74) is -0.743. The second-order valence-electron chi connectivity index (χ2n) is 6.67. The molecule has 1 heterocycles. The van der Waals surface area contributed by atoms with Crippen molar-refractivity contribution in [1.82, 2.24) is 0 Å². The van der Waals surface area contributed by atoms with Gasteiger partial charge in [0, 0.05) is 16.8 Å². The maximum Gasteiger partial charge on any atom is 0.416 e. The zero-order valence-corrected chi connectivity index (χ0v) is 17.4. The number of thiocarbonyl (C=S) groups is 1. The Hall–Kier alpha value is -2.72. The average molecular weight is 457 g/mol. The molecule has 2 atom stereocenters. The van der Waals surface area contributed by atoms with Gasteiger partial charge in [-0.3, -0.25) is 4.79 Å². The van der Waals surface area contributed by atoms with Crippen LogP contribution in [0.1, 0.15) is 36.1 Å². The third kappa shape index (κ3) is 4.96. The number of anilines is 1. The molecule has 1 N–H and O–H groups in total. The number of halogens is 4. The predicted octanol–water partition coefficient (Wildman–Crippen LogP) is 5.03. The first-order chi connectivity index (χ1) is 14.7. The number of esters is 1. The highest BCUT2D eigenvalue weighted by atomic mass is 32.1. The Kier molecular flexibility index (Phi) is 6.80. The molecule has 0 aliphatic carbocycles. The lowest BCUT2D eigenvalue weighted by molar-refractivity contribution is -0.145. The van der Waals surface area contributed by atoms with Gasteiger partial charge < -0.3 is 19.5 Å². The van der Waals surface area contributed by atoms with E-state index in [4.69, 9.17) is 26.4 Å². The Morgan fingerprint density at radius 3 is 2.61 bits per heavy atom. The SMILES string of the molecule is CCOC(=O)CC1OC(c2cccc(OC)c2F)c2cc(C(F)(F)F)ccc2NC1=S. The highest BCUT2D eigenvalue weighted by Crippen LogP contribution is 2.41. The number of carbonyl (C=O) groups is 1. The van der Waals surface area contributed by atoms with Crippen molar-refractivity contribution in [3.63, 3.8) is 0 Å². The molecule has 10 heteroatoms. The van der Waals surface area contributed by atoms with Crippen molar-refractivity contribution in [2.45, 2.75) is 31.7 Å². The Morgan fingerprint density at radius 2 is 1.97 bits per heavy atom. The first-order valence-corrected chi connectivity index (χ1v) is 9.72. The van der Waals surface area contributed by atoms with Crippen molar-refractivity contribution in [2.24, 2.45) is 0 Å². The van der Waals surface area contributed by atoms with Gasteiger partial charge in [0.25, 0.3) is 0 Å². The van der Waals surface area contributed by atoms with Crippen LogP contribution >= 0.6 is 12.2 Å². The summed E-state index contributed by atoms with van der Waals surface area (Å²) in [4.78, 5) is 12.1. The first kappa shape index (κ1) is 23.0. The molecule has 5 nitrogen and oxygen atoms in total. The molecule has 2 aromatic rings. The van der Waals surface area contributed by atoms with Crippen molar-refractivity contribution >= 4 is 28.9 Å². The van der Waals surface area contributed by atoms with Crippen LogP contribution in [-0.4, -0.2) is 30.8 Å². The number of hydrogen-bond acceptors (Lipinski definition) is 5. The van der Waals surface area contributed by atoms with E-state index in [1.807, 2.05) is 0 Å². The fourth-order valence-electron chi connectivity index (χ4n) is 3.22. The molecule has 0 bridgehead atoms. The Balaban J connectivity index is 2.14. The van der Waals surface area contributed by atoms with Crippen LogP contribution in [0.25, 0.3) is 0 Å². The highest BCUT2D eigenvalue weighted by Gasteiger charge is 2.36.